The van der Waals surface area contributed by atoms with Crippen molar-refractivity contribution in [3.63, 3.8) is 0 Å². The van der Waals surface area contributed by atoms with Crippen molar-refractivity contribution >= 4 is 17.2 Å². The zero-order valence-corrected chi connectivity index (χ0v) is 10.4. The van der Waals surface area contributed by atoms with E-state index >= 15 is 0 Å². The highest BCUT2D eigenvalue weighted by Crippen LogP contribution is 2.13. The summed E-state index contributed by atoms with van der Waals surface area (Å²) >= 11 is -3.02. The molecule has 0 aliphatic heterocycles. The highest BCUT2D eigenvalue weighted by atomic mass is 32.2. The number of esters is 1. The van der Waals surface area contributed by atoms with Gasteiger partial charge in [-0.25, -0.2) is 4.21 Å². The SMILES string of the molecule is N[C@@H](Cc1ccccc1)C(=O)OC(F)(F)NS(=O)O. The van der Waals surface area contributed by atoms with Gasteiger partial charge in [-0.3, -0.25) is 9.35 Å². The van der Waals surface area contributed by atoms with Crippen LogP contribution in [0.2, 0.25) is 0 Å². The summed E-state index contributed by atoms with van der Waals surface area (Å²) in [5.74, 6) is -1.38. The van der Waals surface area contributed by atoms with Crippen LogP contribution in [0.4, 0.5) is 8.78 Å². The molecule has 0 spiro atoms. The van der Waals surface area contributed by atoms with E-state index in [9.17, 15) is 17.8 Å². The molecule has 106 valence electrons. The van der Waals surface area contributed by atoms with E-state index in [0.717, 1.165) is 4.72 Å². The third kappa shape index (κ3) is 5.83. The molecule has 0 aliphatic rings. The summed E-state index contributed by atoms with van der Waals surface area (Å²) < 4.78 is 48.7. The lowest BCUT2D eigenvalue weighted by atomic mass is 10.1. The van der Waals surface area contributed by atoms with Crippen LogP contribution >= 0.6 is 0 Å². The first-order valence-electron chi connectivity index (χ1n) is 5.09. The van der Waals surface area contributed by atoms with Crippen molar-refractivity contribution in [1.82, 2.24) is 4.72 Å². The molecule has 0 bridgehead atoms. The van der Waals surface area contributed by atoms with Crippen LogP contribution in [0, 0.1) is 0 Å². The van der Waals surface area contributed by atoms with Gasteiger partial charge in [0.2, 0.25) is 11.3 Å². The van der Waals surface area contributed by atoms with Crippen molar-refractivity contribution in [2.24, 2.45) is 5.73 Å². The Morgan fingerprint density at radius 3 is 2.58 bits per heavy atom. The van der Waals surface area contributed by atoms with Crippen molar-refractivity contribution < 1.29 is 27.1 Å². The topological polar surface area (TPSA) is 102 Å². The Morgan fingerprint density at radius 2 is 2.05 bits per heavy atom. The molecule has 9 heteroatoms. The van der Waals surface area contributed by atoms with Crippen LogP contribution in [-0.2, 0) is 27.2 Å². The molecule has 0 amide bonds. The quantitative estimate of drug-likeness (QED) is 0.305. The van der Waals surface area contributed by atoms with Gasteiger partial charge in [0.05, 0.1) is 0 Å². The van der Waals surface area contributed by atoms with Crippen LogP contribution in [0.15, 0.2) is 30.3 Å². The van der Waals surface area contributed by atoms with Crippen molar-refractivity contribution in [3.8, 4) is 0 Å². The van der Waals surface area contributed by atoms with Crippen LogP contribution < -0.4 is 10.5 Å². The lowest BCUT2D eigenvalue weighted by Gasteiger charge is -2.18. The number of benzene rings is 1. The predicted molar refractivity (Wildman–Crippen MR) is 63.1 cm³/mol. The molecule has 1 aromatic carbocycles. The van der Waals surface area contributed by atoms with Crippen LogP contribution in [0.1, 0.15) is 5.56 Å². The zero-order chi connectivity index (χ0) is 14.5. The van der Waals surface area contributed by atoms with Crippen LogP contribution in [0.5, 0.6) is 0 Å². The Kier molecular flexibility index (Phi) is 5.48. The summed E-state index contributed by atoms with van der Waals surface area (Å²) in [6.45, 7) is 0. The van der Waals surface area contributed by atoms with Crippen molar-refractivity contribution in [1.29, 1.82) is 0 Å². The molecule has 0 aliphatic carbocycles. The molecule has 6 nitrogen and oxygen atoms in total. The first-order valence-corrected chi connectivity index (χ1v) is 6.19. The van der Waals surface area contributed by atoms with Crippen LogP contribution in [0.25, 0.3) is 0 Å². The minimum atomic E-state index is -4.26. The van der Waals surface area contributed by atoms with E-state index in [1.165, 1.54) is 0 Å². The van der Waals surface area contributed by atoms with E-state index in [1.54, 1.807) is 30.3 Å². The maximum Gasteiger partial charge on any atom is 0.484 e. The lowest BCUT2D eigenvalue weighted by Crippen LogP contribution is -2.46. The molecular formula is C10H12F2N2O4S. The first kappa shape index (κ1) is 15.6. The average Bonchev–Trinajstić information content (AvgIpc) is 2.27. The first-order chi connectivity index (χ1) is 8.80. The number of carbonyl (C=O) groups excluding carboxylic acids is 1. The van der Waals surface area contributed by atoms with Gasteiger partial charge < -0.3 is 10.5 Å². The molecule has 1 rings (SSSR count). The van der Waals surface area contributed by atoms with Gasteiger partial charge in [0, 0.05) is 0 Å². The number of nitrogens with two attached hydrogens (primary N) is 1. The molecular weight excluding hydrogens is 282 g/mol. The minimum absolute atomic E-state index is 0.0119. The van der Waals surface area contributed by atoms with E-state index < -0.39 is 29.5 Å². The monoisotopic (exact) mass is 294 g/mol. The highest BCUT2D eigenvalue weighted by Gasteiger charge is 2.37. The second-order valence-electron chi connectivity index (χ2n) is 3.59. The average molecular weight is 294 g/mol. The van der Waals surface area contributed by atoms with Gasteiger partial charge >= 0.3 is 12.2 Å². The molecule has 0 heterocycles. The van der Waals surface area contributed by atoms with E-state index in [-0.39, 0.29) is 6.42 Å². The fourth-order valence-electron chi connectivity index (χ4n) is 1.28. The number of rotatable bonds is 6. The van der Waals surface area contributed by atoms with Gasteiger partial charge in [-0.1, -0.05) is 30.3 Å². The highest BCUT2D eigenvalue weighted by molar-refractivity contribution is 7.77. The fraction of sp³-hybridized carbons (Fsp3) is 0.300. The Balaban J connectivity index is 2.56. The maximum absolute atomic E-state index is 12.9. The number of halogens is 2. The molecule has 0 aromatic heterocycles. The normalized spacial score (nSPS) is 14.7. The molecule has 19 heavy (non-hydrogen) atoms. The second kappa shape index (κ2) is 6.66. The van der Waals surface area contributed by atoms with Gasteiger partial charge in [-0.15, -0.1) is 13.5 Å². The summed E-state index contributed by atoms with van der Waals surface area (Å²) in [6, 6.07) is 7.21. The number of nitrogens with one attached hydrogen (secondary N) is 1. The number of ether oxygens (including phenoxy) is 1. The summed E-state index contributed by atoms with van der Waals surface area (Å²) in [4.78, 5) is 11.3. The third-order valence-electron chi connectivity index (χ3n) is 2.04. The fourth-order valence-corrected chi connectivity index (χ4v) is 1.52. The molecule has 0 saturated carbocycles. The molecule has 1 unspecified atom stereocenters. The number of hydrogen-bond acceptors (Lipinski definition) is 4. The standard InChI is InChI=1S/C10H12F2N2O4S/c11-10(12,14-19(16)17)18-9(15)8(13)6-7-4-2-1-3-5-7/h1-5,8,14H,6,13H2,(H,16,17)/t8-/m0/s1. The number of alkyl halides is 2. The van der Waals surface area contributed by atoms with Gasteiger partial charge in [0.1, 0.15) is 6.04 Å². The Morgan fingerprint density at radius 1 is 1.47 bits per heavy atom. The molecule has 0 radical (unpaired) electrons. The van der Waals surface area contributed by atoms with Gasteiger partial charge in [0.25, 0.3) is 0 Å². The van der Waals surface area contributed by atoms with Crippen molar-refractivity contribution in [3.05, 3.63) is 35.9 Å². The molecule has 1 aromatic rings. The summed E-state index contributed by atoms with van der Waals surface area (Å²) in [5.41, 5.74) is 6.09. The minimum Gasteiger partial charge on any atom is -0.386 e. The van der Waals surface area contributed by atoms with Gasteiger partial charge in [-0.2, -0.15) is 0 Å². The zero-order valence-electron chi connectivity index (χ0n) is 9.58. The van der Waals surface area contributed by atoms with E-state index in [0.29, 0.717) is 5.56 Å². The smallest absolute Gasteiger partial charge is 0.386 e. The Labute approximate surface area is 110 Å². The van der Waals surface area contributed by atoms with Crippen LogP contribution in [-0.4, -0.2) is 27.0 Å². The van der Waals surface area contributed by atoms with E-state index in [2.05, 4.69) is 4.74 Å². The summed E-state index contributed by atoms with van der Waals surface area (Å²) in [7, 11) is 0. The summed E-state index contributed by atoms with van der Waals surface area (Å²) in [5, 5.41) is 0. The summed E-state index contributed by atoms with van der Waals surface area (Å²) in [6.07, 6.45) is -4.25. The number of carbonyl (C=O) groups is 1. The Bertz CT molecular complexity index is 458. The maximum atomic E-state index is 12.9. The Hall–Kier alpha value is -1.42. The van der Waals surface area contributed by atoms with Gasteiger partial charge in [-0.05, 0) is 12.0 Å². The second-order valence-corrected chi connectivity index (χ2v) is 4.29. The van der Waals surface area contributed by atoms with Gasteiger partial charge in [0.15, 0.2) is 0 Å². The molecule has 4 N–H and O–H groups in total. The predicted octanol–water partition coefficient (Wildman–Crippen LogP) is 0.376. The molecule has 0 fully saturated rings. The van der Waals surface area contributed by atoms with E-state index in [4.69, 9.17) is 10.3 Å². The molecule has 0 saturated heterocycles. The largest absolute Gasteiger partial charge is 0.484 e. The number of hydrogen-bond donors (Lipinski definition) is 3. The van der Waals surface area contributed by atoms with Crippen molar-refractivity contribution in [2.75, 3.05) is 0 Å². The lowest BCUT2D eigenvalue weighted by molar-refractivity contribution is -0.239. The van der Waals surface area contributed by atoms with Crippen LogP contribution in [0.3, 0.4) is 0 Å². The molecule has 2 atom stereocenters. The third-order valence-corrected chi connectivity index (χ3v) is 2.45. The van der Waals surface area contributed by atoms with E-state index in [1.807, 2.05) is 0 Å². The van der Waals surface area contributed by atoms with Crippen molar-refractivity contribution in [2.45, 2.75) is 18.7 Å².